The molecule has 0 radical (unpaired) electrons. The van der Waals surface area contributed by atoms with E-state index in [9.17, 15) is 19.7 Å². The van der Waals surface area contributed by atoms with Gasteiger partial charge in [-0.2, -0.15) is 0 Å². The highest BCUT2D eigenvalue weighted by Gasteiger charge is 2.36. The van der Waals surface area contributed by atoms with E-state index < -0.39 is 22.4 Å². The molecule has 1 atom stereocenters. The summed E-state index contributed by atoms with van der Waals surface area (Å²) in [6.45, 7) is 1.77. The molecule has 2 heterocycles. The van der Waals surface area contributed by atoms with Crippen molar-refractivity contribution in [3.8, 4) is 0 Å². The minimum Gasteiger partial charge on any atom is -0.422 e. The van der Waals surface area contributed by atoms with Gasteiger partial charge in [-0.25, -0.2) is 4.79 Å². The number of fused-ring (bicyclic) bond motifs is 3. The van der Waals surface area contributed by atoms with Gasteiger partial charge in [0.15, 0.2) is 0 Å². The van der Waals surface area contributed by atoms with Gasteiger partial charge in [0.1, 0.15) is 5.58 Å². The molecule has 1 unspecified atom stereocenters. The van der Waals surface area contributed by atoms with Gasteiger partial charge in [-0.3, -0.25) is 14.9 Å². The molecule has 8 heteroatoms. The zero-order valence-electron chi connectivity index (χ0n) is 18.1. The molecule has 4 aromatic rings. The Morgan fingerprint density at radius 2 is 1.68 bits per heavy atom. The number of nitro benzene ring substituents is 1. The van der Waals surface area contributed by atoms with Crippen LogP contribution in [-0.4, -0.2) is 10.8 Å². The lowest BCUT2D eigenvalue weighted by molar-refractivity contribution is -0.384. The highest BCUT2D eigenvalue weighted by atomic mass is 16.6. The van der Waals surface area contributed by atoms with Gasteiger partial charge in [0, 0.05) is 34.5 Å². The predicted molar refractivity (Wildman–Crippen MR) is 129 cm³/mol. The molecule has 2 N–H and O–H groups in total. The molecule has 1 aliphatic rings. The van der Waals surface area contributed by atoms with E-state index in [-0.39, 0.29) is 11.3 Å². The number of nitrogens with zero attached hydrogens (tertiary/aromatic N) is 1. The lowest BCUT2D eigenvalue weighted by Crippen LogP contribution is -2.30. The van der Waals surface area contributed by atoms with Crippen LogP contribution >= 0.6 is 0 Å². The quantitative estimate of drug-likeness (QED) is 0.250. The van der Waals surface area contributed by atoms with Crippen LogP contribution in [0.1, 0.15) is 24.0 Å². The molecule has 0 saturated carbocycles. The van der Waals surface area contributed by atoms with Crippen LogP contribution in [0.2, 0.25) is 0 Å². The van der Waals surface area contributed by atoms with Gasteiger partial charge in [-0.1, -0.05) is 42.5 Å². The maximum absolute atomic E-state index is 13.5. The molecule has 1 aliphatic heterocycles. The summed E-state index contributed by atoms with van der Waals surface area (Å²) in [4.78, 5) is 37.4. The smallest absolute Gasteiger partial charge is 0.342 e. The van der Waals surface area contributed by atoms with Crippen LogP contribution in [0.25, 0.3) is 11.0 Å². The highest BCUT2D eigenvalue weighted by Crippen LogP contribution is 2.43. The Morgan fingerprint density at radius 1 is 1.00 bits per heavy atom. The Balaban J connectivity index is 1.71. The highest BCUT2D eigenvalue weighted by molar-refractivity contribution is 6.08. The fourth-order valence-corrected chi connectivity index (χ4v) is 4.32. The maximum atomic E-state index is 13.5. The first kappa shape index (κ1) is 21.1. The van der Waals surface area contributed by atoms with Crippen molar-refractivity contribution in [3.63, 3.8) is 0 Å². The van der Waals surface area contributed by atoms with Crippen molar-refractivity contribution in [2.75, 3.05) is 10.6 Å². The van der Waals surface area contributed by atoms with Gasteiger partial charge in [0.2, 0.25) is 0 Å². The summed E-state index contributed by atoms with van der Waals surface area (Å²) < 4.78 is 5.60. The summed E-state index contributed by atoms with van der Waals surface area (Å²) in [5, 5.41) is 18.0. The van der Waals surface area contributed by atoms with Crippen LogP contribution in [0.5, 0.6) is 0 Å². The second-order valence-corrected chi connectivity index (χ2v) is 7.94. The van der Waals surface area contributed by atoms with Gasteiger partial charge in [0.25, 0.3) is 11.6 Å². The van der Waals surface area contributed by atoms with Crippen LogP contribution < -0.4 is 16.3 Å². The number of amides is 1. The van der Waals surface area contributed by atoms with E-state index in [1.807, 2.05) is 18.2 Å². The topological polar surface area (TPSA) is 114 Å². The maximum Gasteiger partial charge on any atom is 0.342 e. The van der Waals surface area contributed by atoms with Crippen molar-refractivity contribution in [2.24, 2.45) is 0 Å². The number of carbonyl (C=O) groups excluding carboxylic acids is 1. The van der Waals surface area contributed by atoms with Crippen LogP contribution in [0.15, 0.2) is 99.3 Å². The first-order chi connectivity index (χ1) is 16.4. The molecule has 1 aromatic heterocycles. The fraction of sp³-hybridized carbons (Fsp3) is 0.0769. The van der Waals surface area contributed by atoms with Crippen LogP contribution in [0.4, 0.5) is 17.1 Å². The fourth-order valence-electron chi connectivity index (χ4n) is 4.32. The second-order valence-electron chi connectivity index (χ2n) is 7.94. The largest absolute Gasteiger partial charge is 0.422 e. The number of anilines is 2. The molecule has 3 aromatic carbocycles. The standard InChI is InChI=1S/C26H19N3O5/c1-15-21(25(30)28-17-7-3-2-4-8-17)22(16-11-13-18(14-12-16)29(32)33)23-24(27-15)19-9-5-6-10-20(19)34-26(23)31/h2-14,22,27H,1H3,(H,28,30). The summed E-state index contributed by atoms with van der Waals surface area (Å²) in [7, 11) is 0. The number of allylic oxidation sites excluding steroid dienone is 1. The summed E-state index contributed by atoms with van der Waals surface area (Å²) >= 11 is 0. The molecular weight excluding hydrogens is 434 g/mol. The number of hydrogen-bond donors (Lipinski definition) is 2. The van der Waals surface area contributed by atoms with Crippen molar-refractivity contribution < 1.29 is 14.1 Å². The summed E-state index contributed by atoms with van der Waals surface area (Å²) in [5.74, 6) is -1.18. The van der Waals surface area contributed by atoms with E-state index in [4.69, 9.17) is 4.42 Å². The number of nitro groups is 1. The normalized spacial score (nSPS) is 14.9. The monoisotopic (exact) mass is 453 g/mol. The summed E-state index contributed by atoms with van der Waals surface area (Å²) in [6.07, 6.45) is 0. The van der Waals surface area contributed by atoms with Crippen LogP contribution in [0.3, 0.4) is 0 Å². The van der Waals surface area contributed by atoms with E-state index in [0.717, 1.165) is 0 Å². The number of nitrogens with one attached hydrogen (secondary N) is 2. The third-order valence-electron chi connectivity index (χ3n) is 5.86. The zero-order chi connectivity index (χ0) is 23.8. The molecule has 8 nitrogen and oxygen atoms in total. The van der Waals surface area contributed by atoms with E-state index in [1.54, 1.807) is 55.5 Å². The van der Waals surface area contributed by atoms with Gasteiger partial charge >= 0.3 is 5.63 Å². The Bertz CT molecular complexity index is 1520. The lowest BCUT2D eigenvalue weighted by Gasteiger charge is -2.30. The second kappa shape index (κ2) is 8.32. The molecule has 168 valence electrons. The minimum absolute atomic E-state index is 0.0838. The number of non-ortho nitro benzene ring substituents is 1. The lowest BCUT2D eigenvalue weighted by atomic mass is 9.80. The Morgan fingerprint density at radius 3 is 2.38 bits per heavy atom. The summed E-state index contributed by atoms with van der Waals surface area (Å²) in [6, 6.07) is 22.0. The first-order valence-corrected chi connectivity index (χ1v) is 10.6. The number of para-hydroxylation sites is 2. The van der Waals surface area contributed by atoms with Crippen LogP contribution in [-0.2, 0) is 4.79 Å². The van der Waals surface area contributed by atoms with Crippen molar-refractivity contribution in [1.82, 2.24) is 0 Å². The van der Waals surface area contributed by atoms with Crippen LogP contribution in [0, 0.1) is 10.1 Å². The van der Waals surface area contributed by atoms with Gasteiger partial charge in [-0.15, -0.1) is 0 Å². The van der Waals surface area contributed by atoms with E-state index in [0.29, 0.717) is 39.2 Å². The number of benzene rings is 3. The predicted octanol–water partition coefficient (Wildman–Crippen LogP) is 5.17. The number of hydrogen-bond acceptors (Lipinski definition) is 6. The van der Waals surface area contributed by atoms with Gasteiger partial charge in [0.05, 0.1) is 22.1 Å². The van der Waals surface area contributed by atoms with Crippen molar-refractivity contribution in [1.29, 1.82) is 0 Å². The first-order valence-electron chi connectivity index (χ1n) is 10.6. The number of rotatable bonds is 4. The summed E-state index contributed by atoms with van der Waals surface area (Å²) in [5.41, 5.74) is 2.65. The van der Waals surface area contributed by atoms with Crippen molar-refractivity contribution >= 4 is 33.9 Å². The minimum atomic E-state index is -0.790. The van der Waals surface area contributed by atoms with Crippen molar-refractivity contribution in [2.45, 2.75) is 12.8 Å². The molecular formula is C26H19N3O5. The molecule has 34 heavy (non-hydrogen) atoms. The molecule has 0 saturated heterocycles. The Labute approximate surface area is 193 Å². The van der Waals surface area contributed by atoms with Gasteiger partial charge < -0.3 is 15.1 Å². The zero-order valence-corrected chi connectivity index (χ0v) is 18.1. The molecule has 5 rings (SSSR count). The van der Waals surface area contributed by atoms with E-state index in [2.05, 4.69) is 10.6 Å². The Kier molecular flexibility index (Phi) is 5.18. The van der Waals surface area contributed by atoms with Crippen molar-refractivity contribution in [3.05, 3.63) is 122 Å². The van der Waals surface area contributed by atoms with Gasteiger partial charge in [-0.05, 0) is 36.8 Å². The van der Waals surface area contributed by atoms with E-state index in [1.165, 1.54) is 12.1 Å². The SMILES string of the molecule is CC1=C(C(=O)Nc2ccccc2)C(c2ccc([N+](=O)[O-])cc2)c2c(c3ccccc3oc2=O)N1. The number of carbonyl (C=O) groups is 1. The third kappa shape index (κ3) is 3.61. The average Bonchev–Trinajstić information content (AvgIpc) is 2.84. The van der Waals surface area contributed by atoms with E-state index >= 15 is 0 Å². The molecule has 0 aliphatic carbocycles. The molecule has 1 amide bonds. The molecule has 0 spiro atoms. The molecule has 0 fully saturated rings. The Hall–Kier alpha value is -4.72. The third-order valence-corrected chi connectivity index (χ3v) is 5.86. The molecule has 0 bridgehead atoms. The average molecular weight is 453 g/mol.